The normalized spacial score (nSPS) is 12.9. The van der Waals surface area contributed by atoms with E-state index in [9.17, 15) is 4.79 Å². The number of nitrogens with one attached hydrogen (secondary N) is 2. The maximum absolute atomic E-state index is 12.1. The molecule has 1 aromatic rings. The fourth-order valence-electron chi connectivity index (χ4n) is 2.63. The molecule has 0 aliphatic heterocycles. The second kappa shape index (κ2) is 12.9. The van der Waals surface area contributed by atoms with Gasteiger partial charge in [-0.25, -0.2) is 4.79 Å². The Morgan fingerprint density at radius 1 is 1.38 bits per heavy atom. The van der Waals surface area contributed by atoms with Crippen molar-refractivity contribution >= 4 is 36.0 Å². The smallest absolute Gasteiger partial charge is 0.407 e. The van der Waals surface area contributed by atoms with Crippen LogP contribution in [0.15, 0.2) is 15.6 Å². The Kier molecular flexibility index (Phi) is 12.2. The quantitative estimate of drug-likeness (QED) is 0.306. The van der Waals surface area contributed by atoms with Gasteiger partial charge < -0.3 is 24.8 Å². The number of rotatable bonds is 8. The van der Waals surface area contributed by atoms with Crippen LogP contribution in [0.3, 0.4) is 0 Å². The molecule has 2 N–H and O–H groups in total. The summed E-state index contributed by atoms with van der Waals surface area (Å²) < 4.78 is 10.7. The third kappa shape index (κ3) is 10.7. The summed E-state index contributed by atoms with van der Waals surface area (Å²) in [6.07, 6.45) is 1.24. The molecule has 0 fully saturated rings. The Morgan fingerprint density at radius 2 is 2.03 bits per heavy atom. The van der Waals surface area contributed by atoms with Crippen molar-refractivity contribution in [3.05, 3.63) is 17.5 Å². The lowest BCUT2D eigenvalue weighted by Gasteiger charge is -2.28. The van der Waals surface area contributed by atoms with Gasteiger partial charge in [0, 0.05) is 32.7 Å². The van der Waals surface area contributed by atoms with Crippen LogP contribution >= 0.6 is 24.0 Å². The van der Waals surface area contributed by atoms with Gasteiger partial charge in [-0.3, -0.25) is 4.99 Å². The lowest BCUT2D eigenvalue weighted by atomic mass is 10.0. The number of halogens is 1. The molecule has 0 aliphatic rings. The minimum atomic E-state index is -0.507. The minimum absolute atomic E-state index is 0. The highest BCUT2D eigenvalue weighted by atomic mass is 127. The minimum Gasteiger partial charge on any atom is -0.444 e. The Morgan fingerprint density at radius 3 is 2.52 bits per heavy atom. The molecule has 0 aromatic carbocycles. The van der Waals surface area contributed by atoms with E-state index in [1.165, 1.54) is 0 Å². The molecular weight excluding hydrogens is 485 g/mol. The van der Waals surface area contributed by atoms with Crippen molar-refractivity contribution in [2.24, 2.45) is 10.9 Å². The summed E-state index contributed by atoms with van der Waals surface area (Å²) in [6.45, 7) is 13.0. The molecule has 0 saturated heterocycles. The van der Waals surface area contributed by atoms with Gasteiger partial charge >= 0.3 is 6.09 Å². The van der Waals surface area contributed by atoms with Gasteiger partial charge in [0.05, 0.1) is 12.2 Å². The van der Waals surface area contributed by atoms with Crippen LogP contribution < -0.4 is 10.6 Å². The van der Waals surface area contributed by atoms with Crippen LogP contribution in [0.5, 0.6) is 0 Å². The molecule has 1 aromatic heterocycles. The lowest BCUT2D eigenvalue weighted by Crippen LogP contribution is -2.45. The first-order valence-corrected chi connectivity index (χ1v) is 9.91. The number of hydrogen-bond donors (Lipinski definition) is 2. The zero-order chi connectivity index (χ0) is 21.3. The fraction of sp³-hybridized carbons (Fsp3) is 0.750. The van der Waals surface area contributed by atoms with E-state index in [1.807, 2.05) is 45.7 Å². The number of aromatic nitrogens is 1. The van der Waals surface area contributed by atoms with Gasteiger partial charge in [0.1, 0.15) is 5.60 Å². The Bertz CT molecular complexity index is 640. The largest absolute Gasteiger partial charge is 0.444 e. The van der Waals surface area contributed by atoms with E-state index in [1.54, 1.807) is 7.05 Å². The molecule has 9 heteroatoms. The maximum atomic E-state index is 12.1. The monoisotopic (exact) mass is 523 g/mol. The van der Waals surface area contributed by atoms with Crippen LogP contribution in [0.25, 0.3) is 0 Å². The number of aryl methyl sites for hydroxylation is 1. The molecule has 0 spiro atoms. The average Bonchev–Trinajstić information content (AvgIpc) is 3.05. The van der Waals surface area contributed by atoms with E-state index in [-0.39, 0.29) is 42.0 Å². The molecule has 0 bridgehead atoms. The van der Waals surface area contributed by atoms with Crippen molar-refractivity contribution in [3.8, 4) is 0 Å². The number of alkyl carbamates (subject to hydrolysis) is 1. The number of ether oxygens (including phenoxy) is 1. The third-order valence-electron chi connectivity index (χ3n) is 4.25. The van der Waals surface area contributed by atoms with E-state index >= 15 is 0 Å². The predicted octanol–water partition coefficient (Wildman–Crippen LogP) is 3.80. The molecule has 1 rings (SSSR count). The van der Waals surface area contributed by atoms with Gasteiger partial charge in [0.25, 0.3) is 0 Å². The third-order valence-corrected chi connectivity index (χ3v) is 4.25. The molecule has 0 aliphatic carbocycles. The van der Waals surface area contributed by atoms with Crippen LogP contribution in [0.4, 0.5) is 4.79 Å². The lowest BCUT2D eigenvalue weighted by molar-refractivity contribution is 0.0486. The van der Waals surface area contributed by atoms with Crippen molar-refractivity contribution in [3.63, 3.8) is 0 Å². The van der Waals surface area contributed by atoms with E-state index < -0.39 is 5.60 Å². The van der Waals surface area contributed by atoms with Crippen LogP contribution in [-0.2, 0) is 17.7 Å². The number of aliphatic imine (C=N–C) groups is 1. The number of amides is 1. The van der Waals surface area contributed by atoms with Crippen LogP contribution in [0.1, 0.15) is 59.4 Å². The molecule has 1 amide bonds. The first-order chi connectivity index (χ1) is 13.1. The Balaban J connectivity index is 0.00000784. The summed E-state index contributed by atoms with van der Waals surface area (Å²) in [5.74, 6) is 1.82. The van der Waals surface area contributed by atoms with Crippen molar-refractivity contribution < 1.29 is 14.1 Å². The summed E-state index contributed by atoms with van der Waals surface area (Å²) in [6, 6.07) is 1.96. The van der Waals surface area contributed by atoms with Crippen LogP contribution in [-0.4, -0.2) is 54.4 Å². The highest BCUT2D eigenvalue weighted by Gasteiger charge is 2.22. The topological polar surface area (TPSA) is 92.0 Å². The van der Waals surface area contributed by atoms with E-state index in [2.05, 4.69) is 34.6 Å². The molecule has 0 saturated carbocycles. The fourth-order valence-corrected chi connectivity index (χ4v) is 2.63. The van der Waals surface area contributed by atoms with Gasteiger partial charge in [-0.1, -0.05) is 25.9 Å². The zero-order valence-corrected chi connectivity index (χ0v) is 21.4. The molecule has 29 heavy (non-hydrogen) atoms. The van der Waals surface area contributed by atoms with E-state index in [0.29, 0.717) is 6.54 Å². The number of carbonyl (C=O) groups is 1. The highest BCUT2D eigenvalue weighted by molar-refractivity contribution is 14.0. The highest BCUT2D eigenvalue weighted by Crippen LogP contribution is 2.11. The number of hydrogen-bond acceptors (Lipinski definition) is 5. The summed E-state index contributed by atoms with van der Waals surface area (Å²) in [7, 11) is 3.72. The molecular formula is C20H38IN5O3. The first-order valence-electron chi connectivity index (χ1n) is 9.91. The summed E-state index contributed by atoms with van der Waals surface area (Å²) in [4.78, 5) is 18.4. The Labute approximate surface area is 192 Å². The van der Waals surface area contributed by atoms with Crippen LogP contribution in [0.2, 0.25) is 0 Å². The van der Waals surface area contributed by atoms with E-state index in [0.717, 1.165) is 36.8 Å². The Hall–Kier alpha value is -1.52. The molecule has 1 unspecified atom stereocenters. The number of guanidine groups is 1. The predicted molar refractivity (Wildman–Crippen MR) is 127 cm³/mol. The summed E-state index contributed by atoms with van der Waals surface area (Å²) >= 11 is 0. The molecule has 1 atom stereocenters. The molecule has 0 radical (unpaired) electrons. The SMILES string of the molecule is CCc1cc(CNC(=NC)N(C)CCC(NC(=O)OC(C)(C)C)C(C)C)on1.I. The van der Waals surface area contributed by atoms with Gasteiger partial charge in [-0.2, -0.15) is 0 Å². The van der Waals surface area contributed by atoms with Crippen molar-refractivity contribution in [2.45, 2.75) is 72.6 Å². The van der Waals surface area contributed by atoms with Crippen LogP contribution in [0, 0.1) is 5.92 Å². The van der Waals surface area contributed by atoms with E-state index in [4.69, 9.17) is 9.26 Å². The summed E-state index contributed by atoms with van der Waals surface area (Å²) in [5, 5.41) is 10.3. The number of nitrogens with zero attached hydrogens (tertiary/aromatic N) is 3. The molecule has 1 heterocycles. The standard InChI is InChI=1S/C20H37N5O3.HI/c1-9-15-12-16(28-24-15)13-22-18(21-7)25(8)11-10-17(14(2)3)23-19(26)27-20(4,5)6;/h12,14,17H,9-11,13H2,1-8H3,(H,21,22)(H,23,26);1H. The molecule has 168 valence electrons. The average molecular weight is 523 g/mol. The van der Waals surface area contributed by atoms with Crippen molar-refractivity contribution in [2.75, 3.05) is 20.6 Å². The maximum Gasteiger partial charge on any atom is 0.407 e. The van der Waals surface area contributed by atoms with Crippen molar-refractivity contribution in [1.82, 2.24) is 20.7 Å². The zero-order valence-electron chi connectivity index (χ0n) is 19.0. The van der Waals surface area contributed by atoms with Gasteiger partial charge in [-0.05, 0) is 39.5 Å². The van der Waals surface area contributed by atoms with Gasteiger partial charge in [0.15, 0.2) is 11.7 Å². The second-order valence-corrected chi connectivity index (χ2v) is 8.25. The van der Waals surface area contributed by atoms with Gasteiger partial charge in [-0.15, -0.1) is 24.0 Å². The summed E-state index contributed by atoms with van der Waals surface area (Å²) in [5.41, 5.74) is 0.431. The number of carbonyl (C=O) groups excluding carboxylic acids is 1. The van der Waals surface area contributed by atoms with Crippen molar-refractivity contribution in [1.29, 1.82) is 0 Å². The second-order valence-electron chi connectivity index (χ2n) is 8.25. The first kappa shape index (κ1) is 27.5. The molecule has 8 nitrogen and oxygen atoms in total. The van der Waals surface area contributed by atoms with Gasteiger partial charge in [0.2, 0.25) is 0 Å².